The Bertz CT molecular complexity index is 360. The Hall–Kier alpha value is -0.570. The van der Waals surface area contributed by atoms with E-state index in [9.17, 15) is 0 Å². The Labute approximate surface area is 108 Å². The van der Waals surface area contributed by atoms with Gasteiger partial charge < -0.3 is 0 Å². The monoisotopic (exact) mass is 250 g/mol. The lowest BCUT2D eigenvalue weighted by Gasteiger charge is -2.51. The number of nitrogens with one attached hydrogen (secondary N) is 1. The first-order valence-corrected chi connectivity index (χ1v) is 7.02. The zero-order valence-electron chi connectivity index (χ0n) is 9.98. The number of halogens is 1. The molecule has 3 heteroatoms. The summed E-state index contributed by atoms with van der Waals surface area (Å²) in [5.41, 5.74) is 1.43. The highest BCUT2D eigenvalue weighted by atomic mass is 35.5. The van der Waals surface area contributed by atoms with Crippen LogP contribution < -0.4 is 5.32 Å². The molecule has 0 saturated carbocycles. The van der Waals surface area contributed by atoms with Crippen molar-refractivity contribution >= 4 is 11.6 Å². The summed E-state index contributed by atoms with van der Waals surface area (Å²) in [7, 11) is 0. The van der Waals surface area contributed by atoms with Crippen LogP contribution in [0, 0.1) is 5.92 Å². The van der Waals surface area contributed by atoms with Crippen LogP contribution in [0.15, 0.2) is 30.3 Å². The molecule has 4 rings (SSSR count). The number of rotatable bonds is 3. The molecule has 0 radical (unpaired) electrons. The zero-order chi connectivity index (χ0) is 11.7. The smallest absolute Gasteiger partial charge is 0.0716 e. The van der Waals surface area contributed by atoms with E-state index in [1.165, 1.54) is 31.5 Å². The topological polar surface area (TPSA) is 15.3 Å². The number of piperidine rings is 3. The molecule has 0 amide bonds. The van der Waals surface area contributed by atoms with E-state index in [2.05, 4.69) is 40.5 Å². The fraction of sp³-hybridized carbons (Fsp3) is 0.571. The average molecular weight is 251 g/mol. The van der Waals surface area contributed by atoms with Gasteiger partial charge in [-0.2, -0.15) is 0 Å². The first-order chi connectivity index (χ1) is 8.40. The largest absolute Gasteiger partial charge is 0.299 e. The predicted molar refractivity (Wildman–Crippen MR) is 71.1 cm³/mol. The van der Waals surface area contributed by atoms with Gasteiger partial charge in [0, 0.05) is 6.04 Å². The molecule has 1 N–H and O–H groups in total. The second-order valence-corrected chi connectivity index (χ2v) is 5.36. The van der Waals surface area contributed by atoms with Crippen molar-refractivity contribution in [1.82, 2.24) is 10.2 Å². The Kier molecular flexibility index (Phi) is 3.37. The van der Waals surface area contributed by atoms with Gasteiger partial charge in [-0.05, 0) is 37.4 Å². The summed E-state index contributed by atoms with van der Waals surface area (Å²) in [5, 5.41) is 3.49. The van der Waals surface area contributed by atoms with Crippen molar-refractivity contribution < 1.29 is 0 Å². The number of nitrogens with zero attached hydrogens (tertiary/aromatic N) is 1. The molecule has 0 spiro atoms. The van der Waals surface area contributed by atoms with E-state index in [4.69, 9.17) is 11.6 Å². The molecular weight excluding hydrogens is 232 g/mol. The van der Waals surface area contributed by atoms with Gasteiger partial charge in [-0.25, -0.2) is 0 Å². The molecule has 92 valence electrons. The van der Waals surface area contributed by atoms with Gasteiger partial charge in [0.1, 0.15) is 0 Å². The molecule has 3 aliphatic heterocycles. The highest BCUT2D eigenvalue weighted by Gasteiger charge is 2.42. The fourth-order valence-electron chi connectivity index (χ4n) is 3.48. The summed E-state index contributed by atoms with van der Waals surface area (Å²) >= 11 is 5.90. The van der Waals surface area contributed by atoms with Crippen molar-refractivity contribution in [3.8, 4) is 0 Å². The summed E-state index contributed by atoms with van der Waals surface area (Å²) in [5.74, 6) is 0.795. The number of fused-ring (bicyclic) bond motifs is 3. The Balaban J connectivity index is 1.89. The van der Waals surface area contributed by atoms with E-state index in [1.807, 2.05) is 0 Å². The van der Waals surface area contributed by atoms with Gasteiger partial charge in [0.2, 0.25) is 0 Å². The Morgan fingerprint density at radius 2 is 1.88 bits per heavy atom. The quantitative estimate of drug-likeness (QED) is 0.655. The number of hydrogen-bond acceptors (Lipinski definition) is 2. The summed E-state index contributed by atoms with van der Waals surface area (Å²) in [6, 6.07) is 12.4. The zero-order valence-corrected chi connectivity index (χ0v) is 10.7. The van der Waals surface area contributed by atoms with Crippen molar-refractivity contribution in [2.75, 3.05) is 19.1 Å². The van der Waals surface area contributed by atoms with Gasteiger partial charge in [-0.15, -0.1) is 11.6 Å². The molecule has 17 heavy (non-hydrogen) atoms. The van der Waals surface area contributed by atoms with Crippen molar-refractivity contribution in [3.05, 3.63) is 35.9 Å². The lowest BCUT2D eigenvalue weighted by Crippen LogP contribution is -2.57. The van der Waals surface area contributed by atoms with E-state index >= 15 is 0 Å². The second-order valence-electron chi connectivity index (χ2n) is 5.09. The molecule has 2 nitrogen and oxygen atoms in total. The normalized spacial score (nSPS) is 36.1. The molecule has 2 unspecified atom stereocenters. The maximum Gasteiger partial charge on any atom is 0.0716 e. The minimum absolute atomic E-state index is 0.516. The minimum atomic E-state index is 0.516. The van der Waals surface area contributed by atoms with Crippen LogP contribution in [0.4, 0.5) is 0 Å². The molecular formula is C14H19ClN2. The number of hydrogen-bond donors (Lipinski definition) is 1. The van der Waals surface area contributed by atoms with Gasteiger partial charge >= 0.3 is 0 Å². The van der Waals surface area contributed by atoms with Gasteiger partial charge in [0.15, 0.2) is 0 Å². The SMILES string of the molecule is ClCNC1C2CCN(CC2)C1c1ccccc1. The van der Waals surface area contributed by atoms with Crippen LogP contribution in [0.25, 0.3) is 0 Å². The first kappa shape index (κ1) is 11.5. The van der Waals surface area contributed by atoms with E-state index in [-0.39, 0.29) is 0 Å². The molecule has 3 aliphatic rings. The lowest BCUT2D eigenvalue weighted by atomic mass is 9.76. The van der Waals surface area contributed by atoms with Crippen LogP contribution in [-0.4, -0.2) is 30.0 Å². The molecule has 2 bridgehead atoms. The first-order valence-electron chi connectivity index (χ1n) is 6.48. The summed E-state index contributed by atoms with van der Waals surface area (Å²) < 4.78 is 0. The third kappa shape index (κ3) is 2.10. The number of benzene rings is 1. The van der Waals surface area contributed by atoms with E-state index in [1.54, 1.807) is 0 Å². The summed E-state index contributed by atoms with van der Waals surface area (Å²) in [4.78, 5) is 2.61. The van der Waals surface area contributed by atoms with Crippen LogP contribution in [0.3, 0.4) is 0 Å². The molecule has 3 saturated heterocycles. The maximum absolute atomic E-state index is 5.90. The number of alkyl halides is 1. The third-order valence-corrected chi connectivity index (χ3v) is 4.42. The van der Waals surface area contributed by atoms with Crippen LogP contribution in [-0.2, 0) is 0 Å². The Morgan fingerprint density at radius 1 is 1.18 bits per heavy atom. The second kappa shape index (κ2) is 4.97. The highest BCUT2D eigenvalue weighted by Crippen LogP contribution is 2.40. The van der Waals surface area contributed by atoms with Crippen LogP contribution in [0.1, 0.15) is 24.4 Å². The maximum atomic E-state index is 5.90. The Morgan fingerprint density at radius 3 is 2.53 bits per heavy atom. The standard InChI is InChI=1S/C14H19ClN2/c15-10-16-13-11-6-8-17(9-7-11)14(13)12-4-2-1-3-5-12/h1-5,11,13-14,16H,6-10H2. The van der Waals surface area contributed by atoms with Gasteiger partial charge in [-0.1, -0.05) is 30.3 Å². The van der Waals surface area contributed by atoms with E-state index in [0.717, 1.165) is 5.92 Å². The molecule has 2 atom stereocenters. The average Bonchev–Trinajstić information content (AvgIpc) is 2.41. The third-order valence-electron chi connectivity index (χ3n) is 4.27. The molecule has 0 aromatic heterocycles. The van der Waals surface area contributed by atoms with Crippen LogP contribution in [0.5, 0.6) is 0 Å². The van der Waals surface area contributed by atoms with Gasteiger partial charge in [0.25, 0.3) is 0 Å². The highest BCUT2D eigenvalue weighted by molar-refractivity contribution is 6.17. The van der Waals surface area contributed by atoms with E-state index < -0.39 is 0 Å². The van der Waals surface area contributed by atoms with Crippen molar-refractivity contribution in [1.29, 1.82) is 0 Å². The molecule has 3 fully saturated rings. The van der Waals surface area contributed by atoms with Crippen molar-refractivity contribution in [2.45, 2.75) is 24.9 Å². The minimum Gasteiger partial charge on any atom is -0.299 e. The molecule has 3 heterocycles. The van der Waals surface area contributed by atoms with E-state index in [0.29, 0.717) is 18.1 Å². The van der Waals surface area contributed by atoms with Crippen LogP contribution >= 0.6 is 11.6 Å². The van der Waals surface area contributed by atoms with Crippen LogP contribution in [0.2, 0.25) is 0 Å². The molecule has 1 aromatic carbocycles. The van der Waals surface area contributed by atoms with Gasteiger partial charge in [0.05, 0.1) is 12.0 Å². The van der Waals surface area contributed by atoms with Crippen molar-refractivity contribution in [2.24, 2.45) is 5.92 Å². The lowest BCUT2D eigenvalue weighted by molar-refractivity contribution is 0.0142. The summed E-state index contributed by atoms with van der Waals surface area (Å²) in [6.45, 7) is 2.48. The summed E-state index contributed by atoms with van der Waals surface area (Å²) in [6.07, 6.45) is 2.63. The molecule has 0 aliphatic carbocycles. The van der Waals surface area contributed by atoms with Crippen molar-refractivity contribution in [3.63, 3.8) is 0 Å². The predicted octanol–water partition coefficient (Wildman–Crippen LogP) is 2.61. The molecule has 1 aromatic rings. The van der Waals surface area contributed by atoms with Gasteiger partial charge in [-0.3, -0.25) is 10.2 Å². The fourth-order valence-corrected chi connectivity index (χ4v) is 3.66.